The molecular weight excluding hydrogens is 256 g/mol. The molecule has 0 N–H and O–H groups in total. The lowest BCUT2D eigenvalue weighted by atomic mass is 9.99. The summed E-state index contributed by atoms with van der Waals surface area (Å²) in [6.07, 6.45) is 0. The predicted octanol–water partition coefficient (Wildman–Crippen LogP) is 3.30. The molecule has 0 spiro atoms. The topological polar surface area (TPSA) is 56.5 Å². The molecule has 104 valence electrons. The van der Waals surface area contributed by atoms with E-state index in [0.29, 0.717) is 17.1 Å². The fourth-order valence-corrected chi connectivity index (χ4v) is 2.14. The quantitative estimate of drug-likeness (QED) is 0.633. The minimum absolute atomic E-state index is 0.221. The number of benzene rings is 1. The molecule has 0 fully saturated rings. The maximum atomic E-state index is 12.5. The third-order valence-corrected chi connectivity index (χ3v) is 3.00. The van der Waals surface area contributed by atoms with Gasteiger partial charge in [0.1, 0.15) is 17.1 Å². The van der Waals surface area contributed by atoms with Gasteiger partial charge in [0.25, 0.3) is 0 Å². The zero-order chi connectivity index (χ0) is 14.7. The molecule has 20 heavy (non-hydrogen) atoms. The summed E-state index contributed by atoms with van der Waals surface area (Å²) in [7, 11) is 0. The average molecular weight is 272 g/mol. The van der Waals surface area contributed by atoms with Crippen molar-refractivity contribution in [1.29, 1.82) is 0 Å². The van der Waals surface area contributed by atoms with Crippen molar-refractivity contribution in [3.05, 3.63) is 58.5 Å². The number of carbonyl (C=O) groups is 2. The minimum atomic E-state index is -0.527. The van der Waals surface area contributed by atoms with Gasteiger partial charge < -0.3 is 9.15 Å². The molecule has 0 saturated heterocycles. The Morgan fingerprint density at radius 1 is 1.05 bits per heavy atom. The Hall–Kier alpha value is -2.36. The van der Waals surface area contributed by atoms with Crippen LogP contribution in [0.3, 0.4) is 0 Å². The van der Waals surface area contributed by atoms with Crippen molar-refractivity contribution in [1.82, 2.24) is 0 Å². The fraction of sp³-hybridized carbons (Fsp3) is 0.250. The van der Waals surface area contributed by atoms with Crippen LogP contribution in [0.1, 0.15) is 44.7 Å². The van der Waals surface area contributed by atoms with E-state index in [2.05, 4.69) is 0 Å². The highest BCUT2D eigenvalue weighted by molar-refractivity contribution is 6.15. The van der Waals surface area contributed by atoms with E-state index in [0.717, 1.165) is 0 Å². The monoisotopic (exact) mass is 272 g/mol. The molecule has 0 aliphatic rings. The molecule has 1 heterocycles. The van der Waals surface area contributed by atoms with Gasteiger partial charge in [-0.05, 0) is 20.8 Å². The molecule has 2 aromatic rings. The maximum Gasteiger partial charge on any atom is 0.342 e. The standard InChI is InChI=1S/C16H16O4/c1-4-19-16(18)14-11(3)20-10(2)13(14)15(17)12-8-6-5-7-9-12/h5-9H,4H2,1-3H3. The molecule has 0 radical (unpaired) electrons. The van der Waals surface area contributed by atoms with Crippen LogP contribution in [0.5, 0.6) is 0 Å². The van der Waals surface area contributed by atoms with Gasteiger partial charge in [-0.15, -0.1) is 0 Å². The van der Waals surface area contributed by atoms with Crippen LogP contribution in [-0.4, -0.2) is 18.4 Å². The fourth-order valence-electron chi connectivity index (χ4n) is 2.14. The van der Waals surface area contributed by atoms with Crippen molar-refractivity contribution in [3.63, 3.8) is 0 Å². The summed E-state index contributed by atoms with van der Waals surface area (Å²) >= 11 is 0. The highest BCUT2D eigenvalue weighted by Crippen LogP contribution is 2.25. The molecule has 4 heteroatoms. The van der Waals surface area contributed by atoms with Crippen LogP contribution in [0.2, 0.25) is 0 Å². The largest absolute Gasteiger partial charge is 0.465 e. The molecule has 0 amide bonds. The lowest BCUT2D eigenvalue weighted by molar-refractivity contribution is 0.0522. The number of hydrogen-bond donors (Lipinski definition) is 0. The molecule has 0 unspecified atom stereocenters. The third-order valence-electron chi connectivity index (χ3n) is 3.00. The number of furan rings is 1. The zero-order valence-corrected chi connectivity index (χ0v) is 11.7. The van der Waals surface area contributed by atoms with E-state index < -0.39 is 5.97 Å². The SMILES string of the molecule is CCOC(=O)c1c(C)oc(C)c1C(=O)c1ccccc1. The molecule has 0 atom stereocenters. The van der Waals surface area contributed by atoms with Crippen molar-refractivity contribution in [2.45, 2.75) is 20.8 Å². The van der Waals surface area contributed by atoms with Gasteiger partial charge in [0, 0.05) is 5.56 Å². The number of hydrogen-bond acceptors (Lipinski definition) is 4. The number of rotatable bonds is 4. The number of esters is 1. The Balaban J connectivity index is 2.51. The minimum Gasteiger partial charge on any atom is -0.465 e. The molecular formula is C16H16O4. The van der Waals surface area contributed by atoms with Crippen LogP contribution in [0.4, 0.5) is 0 Å². The first kappa shape index (κ1) is 14.1. The summed E-state index contributed by atoms with van der Waals surface area (Å²) < 4.78 is 10.4. The van der Waals surface area contributed by atoms with Crippen LogP contribution < -0.4 is 0 Å². The summed E-state index contributed by atoms with van der Waals surface area (Å²) in [5, 5.41) is 0. The molecule has 4 nitrogen and oxygen atoms in total. The van der Waals surface area contributed by atoms with Crippen LogP contribution in [0.15, 0.2) is 34.7 Å². The second-order valence-corrected chi connectivity index (χ2v) is 4.38. The van der Waals surface area contributed by atoms with Crippen molar-refractivity contribution >= 4 is 11.8 Å². The van der Waals surface area contributed by atoms with E-state index in [1.165, 1.54) is 0 Å². The molecule has 2 rings (SSSR count). The van der Waals surface area contributed by atoms with E-state index in [4.69, 9.17) is 9.15 Å². The van der Waals surface area contributed by atoms with Gasteiger partial charge in [-0.3, -0.25) is 4.79 Å². The highest BCUT2D eigenvalue weighted by Gasteiger charge is 2.27. The zero-order valence-electron chi connectivity index (χ0n) is 11.7. The van der Waals surface area contributed by atoms with E-state index in [1.807, 2.05) is 6.07 Å². The van der Waals surface area contributed by atoms with Crippen LogP contribution in [0, 0.1) is 13.8 Å². The summed E-state index contributed by atoms with van der Waals surface area (Å²) in [5.74, 6) is 0.0729. The van der Waals surface area contributed by atoms with Gasteiger partial charge in [-0.1, -0.05) is 30.3 Å². The molecule has 0 aliphatic carbocycles. The van der Waals surface area contributed by atoms with Crippen molar-refractivity contribution in [2.24, 2.45) is 0 Å². The van der Waals surface area contributed by atoms with E-state index in [1.54, 1.807) is 45.0 Å². The first-order valence-electron chi connectivity index (χ1n) is 6.43. The van der Waals surface area contributed by atoms with Crippen LogP contribution >= 0.6 is 0 Å². The number of ether oxygens (including phenoxy) is 1. The van der Waals surface area contributed by atoms with E-state index in [-0.39, 0.29) is 23.5 Å². The summed E-state index contributed by atoms with van der Waals surface area (Å²) in [6, 6.07) is 8.80. The predicted molar refractivity (Wildman–Crippen MR) is 74.0 cm³/mol. The second kappa shape index (κ2) is 5.74. The van der Waals surface area contributed by atoms with Gasteiger partial charge in [0.05, 0.1) is 12.2 Å². The Labute approximate surface area is 117 Å². The molecule has 1 aromatic heterocycles. The smallest absolute Gasteiger partial charge is 0.342 e. The maximum absolute atomic E-state index is 12.5. The Kier molecular flexibility index (Phi) is 4.03. The normalized spacial score (nSPS) is 10.3. The lowest BCUT2D eigenvalue weighted by Gasteiger charge is -2.04. The Morgan fingerprint density at radius 2 is 1.65 bits per heavy atom. The van der Waals surface area contributed by atoms with Gasteiger partial charge in [0.15, 0.2) is 5.78 Å². The molecule has 0 saturated carbocycles. The van der Waals surface area contributed by atoms with Gasteiger partial charge in [0.2, 0.25) is 0 Å². The third kappa shape index (κ3) is 2.50. The van der Waals surface area contributed by atoms with Crippen molar-refractivity contribution in [3.8, 4) is 0 Å². The first-order chi connectivity index (χ1) is 9.56. The van der Waals surface area contributed by atoms with E-state index in [9.17, 15) is 9.59 Å². The van der Waals surface area contributed by atoms with Crippen molar-refractivity contribution < 1.29 is 18.7 Å². The second-order valence-electron chi connectivity index (χ2n) is 4.38. The summed E-state index contributed by atoms with van der Waals surface area (Å²) in [6.45, 7) is 5.30. The molecule has 0 aliphatic heterocycles. The number of carbonyl (C=O) groups excluding carboxylic acids is 2. The van der Waals surface area contributed by atoms with Crippen LogP contribution in [0.25, 0.3) is 0 Å². The molecule has 0 bridgehead atoms. The van der Waals surface area contributed by atoms with Crippen molar-refractivity contribution in [2.75, 3.05) is 6.61 Å². The molecule has 1 aromatic carbocycles. The van der Waals surface area contributed by atoms with E-state index >= 15 is 0 Å². The Bertz CT molecular complexity index is 638. The Morgan fingerprint density at radius 3 is 2.25 bits per heavy atom. The average Bonchev–Trinajstić information content (AvgIpc) is 2.74. The summed E-state index contributed by atoms with van der Waals surface area (Å²) in [5.41, 5.74) is 1.02. The lowest BCUT2D eigenvalue weighted by Crippen LogP contribution is -2.12. The first-order valence-corrected chi connectivity index (χ1v) is 6.43. The number of aryl methyl sites for hydroxylation is 2. The highest BCUT2D eigenvalue weighted by atomic mass is 16.5. The van der Waals surface area contributed by atoms with Gasteiger partial charge >= 0.3 is 5.97 Å². The van der Waals surface area contributed by atoms with Crippen LogP contribution in [-0.2, 0) is 4.74 Å². The van der Waals surface area contributed by atoms with Gasteiger partial charge in [-0.25, -0.2) is 4.79 Å². The van der Waals surface area contributed by atoms with Gasteiger partial charge in [-0.2, -0.15) is 0 Å². The number of ketones is 1. The summed E-state index contributed by atoms with van der Waals surface area (Å²) in [4.78, 5) is 24.5.